The molecule has 13 heteroatoms. The van der Waals surface area contributed by atoms with Crippen molar-refractivity contribution >= 4 is 29.0 Å². The number of ether oxygens (including phenoxy) is 1. The molecule has 1 amide bonds. The second kappa shape index (κ2) is 12.1. The summed E-state index contributed by atoms with van der Waals surface area (Å²) in [5.41, 5.74) is 0.654. The van der Waals surface area contributed by atoms with Crippen molar-refractivity contribution in [2.45, 2.75) is 50.9 Å². The molecule has 1 aromatic heterocycles. The first kappa shape index (κ1) is 30.5. The third-order valence-electron chi connectivity index (χ3n) is 9.18. The van der Waals surface area contributed by atoms with Crippen LogP contribution in [-0.2, 0) is 23.9 Å². The second-order valence-electron chi connectivity index (χ2n) is 12.2. The molecule has 1 saturated carbocycles. The van der Waals surface area contributed by atoms with E-state index >= 15 is 0 Å². The zero-order valence-corrected chi connectivity index (χ0v) is 25.2. The van der Waals surface area contributed by atoms with E-state index < -0.39 is 11.7 Å². The summed E-state index contributed by atoms with van der Waals surface area (Å²) in [6.07, 6.45) is 0.541. The van der Waals surface area contributed by atoms with Crippen LogP contribution in [0.5, 0.6) is 6.01 Å². The van der Waals surface area contributed by atoms with E-state index in [9.17, 15) is 23.2 Å². The topological polar surface area (TPSA) is 88.8 Å². The number of carbonyl (C=O) groups excluding carboxylic acids is 1. The molecule has 9 nitrogen and oxygen atoms in total. The maximum Gasteiger partial charge on any atom is 0.419 e. The van der Waals surface area contributed by atoms with Gasteiger partial charge in [0.2, 0.25) is 5.91 Å². The third kappa shape index (κ3) is 6.17. The van der Waals surface area contributed by atoms with Crippen LogP contribution in [0.15, 0.2) is 30.9 Å². The number of halogens is 4. The summed E-state index contributed by atoms with van der Waals surface area (Å²) in [5, 5.41) is 9.13. The minimum atomic E-state index is -4.62. The van der Waals surface area contributed by atoms with Crippen molar-refractivity contribution < 1.29 is 22.7 Å². The lowest BCUT2D eigenvalue weighted by molar-refractivity contribution is -0.137. The molecule has 2 aromatic rings. The zero-order chi connectivity index (χ0) is 31.1. The molecule has 0 bridgehead atoms. The average molecular weight is 630 g/mol. The van der Waals surface area contributed by atoms with Crippen LogP contribution in [0.4, 0.5) is 24.7 Å². The molecule has 3 aliphatic heterocycles. The molecule has 1 aromatic carbocycles. The lowest BCUT2D eigenvalue weighted by Crippen LogP contribution is -2.55. The van der Waals surface area contributed by atoms with Gasteiger partial charge in [0.25, 0.3) is 0 Å². The lowest BCUT2D eigenvalue weighted by Gasteiger charge is -2.42. The van der Waals surface area contributed by atoms with E-state index in [2.05, 4.69) is 17.5 Å². The first-order valence-electron chi connectivity index (χ1n) is 15.0. The number of nitrogens with zero attached hydrogens (tertiary/aromatic N) is 7. The SMILES string of the molecule is C=CC(=O)N1CCN(c2nc(OCC3(CN4CCC4)CC3)nc3c2CCN(c2cccc(Cl)c2C(F)(F)F)C3)CC1CC#N. The van der Waals surface area contributed by atoms with Gasteiger partial charge in [0.15, 0.2) is 0 Å². The summed E-state index contributed by atoms with van der Waals surface area (Å²) in [7, 11) is 0. The summed E-state index contributed by atoms with van der Waals surface area (Å²) < 4.78 is 48.4. The summed E-state index contributed by atoms with van der Waals surface area (Å²) >= 11 is 6.05. The molecule has 4 heterocycles. The molecule has 44 heavy (non-hydrogen) atoms. The highest BCUT2D eigenvalue weighted by atomic mass is 35.5. The second-order valence-corrected chi connectivity index (χ2v) is 12.6. The van der Waals surface area contributed by atoms with E-state index in [0.717, 1.165) is 38.0 Å². The van der Waals surface area contributed by atoms with Crippen molar-refractivity contribution in [3.63, 3.8) is 0 Å². The first-order valence-corrected chi connectivity index (χ1v) is 15.4. The van der Waals surface area contributed by atoms with E-state index in [-0.39, 0.29) is 47.1 Å². The van der Waals surface area contributed by atoms with Crippen LogP contribution in [0.1, 0.15) is 42.5 Å². The maximum atomic E-state index is 14.1. The maximum absolute atomic E-state index is 14.1. The Labute approximate surface area is 259 Å². The van der Waals surface area contributed by atoms with E-state index in [0.29, 0.717) is 50.7 Å². The number of amides is 1. The molecule has 1 atom stereocenters. The summed E-state index contributed by atoms with van der Waals surface area (Å²) in [5.74, 6) is 0.418. The largest absolute Gasteiger partial charge is 0.463 e. The van der Waals surface area contributed by atoms with Crippen LogP contribution in [0.3, 0.4) is 0 Å². The van der Waals surface area contributed by atoms with Crippen LogP contribution in [0.2, 0.25) is 5.02 Å². The smallest absolute Gasteiger partial charge is 0.419 e. The van der Waals surface area contributed by atoms with Gasteiger partial charge >= 0.3 is 12.2 Å². The monoisotopic (exact) mass is 629 g/mol. The number of hydrogen-bond acceptors (Lipinski definition) is 8. The van der Waals surface area contributed by atoms with Crippen molar-refractivity contribution in [3.8, 4) is 12.1 Å². The first-order chi connectivity index (χ1) is 21.1. The Balaban J connectivity index is 1.31. The van der Waals surface area contributed by atoms with Crippen molar-refractivity contribution in [2.24, 2.45) is 5.41 Å². The number of rotatable bonds is 9. The number of carbonyl (C=O) groups is 1. The van der Waals surface area contributed by atoms with E-state index in [4.69, 9.17) is 26.3 Å². The molecule has 2 saturated heterocycles. The normalized spacial score (nSPS) is 21.2. The van der Waals surface area contributed by atoms with E-state index in [1.807, 2.05) is 4.90 Å². The Morgan fingerprint density at radius 1 is 1.18 bits per heavy atom. The molecule has 0 radical (unpaired) electrons. The van der Waals surface area contributed by atoms with Crippen LogP contribution in [0, 0.1) is 16.7 Å². The lowest BCUT2D eigenvalue weighted by atomic mass is 10.0. The number of benzene rings is 1. The fraction of sp³-hybridized carbons (Fsp3) is 0.548. The van der Waals surface area contributed by atoms with E-state index in [1.165, 1.54) is 30.7 Å². The van der Waals surface area contributed by atoms with Crippen LogP contribution < -0.4 is 14.5 Å². The number of aromatic nitrogens is 2. The van der Waals surface area contributed by atoms with Gasteiger partial charge < -0.3 is 24.3 Å². The minimum Gasteiger partial charge on any atom is -0.463 e. The number of fused-ring (bicyclic) bond motifs is 1. The summed E-state index contributed by atoms with van der Waals surface area (Å²) in [4.78, 5) is 29.9. The number of anilines is 2. The van der Waals surface area contributed by atoms with Crippen molar-refractivity contribution in [1.82, 2.24) is 19.8 Å². The van der Waals surface area contributed by atoms with Gasteiger partial charge in [-0.1, -0.05) is 24.2 Å². The molecule has 0 N–H and O–H groups in total. The number of likely N-dealkylation sites (tertiary alicyclic amines) is 1. The van der Waals surface area contributed by atoms with Crippen LogP contribution in [-0.4, -0.2) is 84.1 Å². The highest BCUT2D eigenvalue weighted by molar-refractivity contribution is 6.31. The molecule has 1 unspecified atom stereocenters. The Hall–Kier alpha value is -3.56. The number of nitriles is 1. The summed E-state index contributed by atoms with van der Waals surface area (Å²) in [6.45, 7) is 8.91. The average Bonchev–Trinajstić information content (AvgIpc) is 3.76. The molecular formula is C31H35ClF3N7O2. The van der Waals surface area contributed by atoms with Crippen molar-refractivity contribution in [1.29, 1.82) is 5.26 Å². The zero-order valence-electron chi connectivity index (χ0n) is 24.5. The highest BCUT2D eigenvalue weighted by Crippen LogP contribution is 2.47. The molecule has 4 aliphatic rings. The Morgan fingerprint density at radius 3 is 2.64 bits per heavy atom. The Kier molecular flexibility index (Phi) is 8.37. The van der Waals surface area contributed by atoms with Crippen LogP contribution in [0.25, 0.3) is 0 Å². The fourth-order valence-electron chi connectivity index (χ4n) is 6.47. The van der Waals surface area contributed by atoms with Gasteiger partial charge in [-0.25, -0.2) is 0 Å². The third-order valence-corrected chi connectivity index (χ3v) is 9.49. The molecule has 1 aliphatic carbocycles. The summed E-state index contributed by atoms with van der Waals surface area (Å²) in [6, 6.07) is 6.23. The molecule has 0 spiro atoms. The Morgan fingerprint density at radius 2 is 1.98 bits per heavy atom. The standard InChI is InChI=1S/C31H35ClF3N7O2/c1-2-26(43)42-16-15-41(17-21(42)7-11-36)28-22-8-14-40(25-6-3-5-23(32)27(25)31(33,34)35)18-24(22)37-29(38-28)44-20-30(9-10-30)19-39-12-4-13-39/h2-3,5-6,21H,1,4,7-10,12-20H2. The van der Waals surface area contributed by atoms with Gasteiger partial charge in [-0.2, -0.15) is 28.4 Å². The molecule has 3 fully saturated rings. The predicted molar refractivity (Wildman–Crippen MR) is 160 cm³/mol. The fourth-order valence-corrected chi connectivity index (χ4v) is 6.75. The van der Waals surface area contributed by atoms with E-state index in [1.54, 1.807) is 9.80 Å². The molecule has 6 rings (SSSR count). The number of hydrogen-bond donors (Lipinski definition) is 0. The minimum absolute atomic E-state index is 0.00963. The predicted octanol–water partition coefficient (Wildman–Crippen LogP) is 4.69. The van der Waals surface area contributed by atoms with Gasteiger partial charge in [-0.3, -0.25) is 4.79 Å². The van der Waals surface area contributed by atoms with Gasteiger partial charge in [0.05, 0.1) is 53.7 Å². The Bertz CT molecular complexity index is 1470. The van der Waals surface area contributed by atoms with Crippen molar-refractivity contribution in [3.05, 3.63) is 52.7 Å². The molecule has 234 valence electrons. The quantitative estimate of drug-likeness (QED) is 0.369. The van der Waals surface area contributed by atoms with Gasteiger partial charge in [0, 0.05) is 43.7 Å². The molecular weight excluding hydrogens is 595 g/mol. The highest BCUT2D eigenvalue weighted by Gasteiger charge is 2.46. The number of piperazine rings is 1. The van der Waals surface area contributed by atoms with Crippen LogP contribution >= 0.6 is 11.6 Å². The van der Waals surface area contributed by atoms with Gasteiger partial charge in [-0.05, 0) is 57.0 Å². The number of alkyl halides is 3. The van der Waals surface area contributed by atoms with Gasteiger partial charge in [-0.15, -0.1) is 0 Å². The van der Waals surface area contributed by atoms with Gasteiger partial charge in [0.1, 0.15) is 5.82 Å². The van der Waals surface area contributed by atoms with Crippen molar-refractivity contribution in [2.75, 3.05) is 62.2 Å².